The summed E-state index contributed by atoms with van der Waals surface area (Å²) in [5.74, 6) is -1.13. The number of rotatable bonds is 4. The van der Waals surface area contributed by atoms with Crippen LogP contribution in [0.25, 0.3) is 39.1 Å². The van der Waals surface area contributed by atoms with Crippen LogP contribution >= 0.6 is 0 Å². The van der Waals surface area contributed by atoms with Crippen LogP contribution in [0, 0.1) is 0 Å². The number of aliphatic carboxylic acids is 1. The highest BCUT2D eigenvalue weighted by atomic mass is 16.4. The molecule has 0 fully saturated rings. The molecule has 5 aromatic rings. The van der Waals surface area contributed by atoms with Gasteiger partial charge in [0.05, 0.1) is 11.3 Å². The van der Waals surface area contributed by atoms with Crippen LogP contribution in [-0.2, 0) is 4.79 Å². The van der Waals surface area contributed by atoms with Gasteiger partial charge in [0.25, 0.3) is 0 Å². The van der Waals surface area contributed by atoms with Crippen LogP contribution in [0.4, 0.5) is 0 Å². The lowest BCUT2D eigenvalue weighted by atomic mass is 10.0. The molecule has 1 aromatic heterocycles. The fraction of sp³-hybridized carbons (Fsp3) is 0. The Morgan fingerprint density at radius 2 is 1.65 bits per heavy atom. The Morgan fingerprint density at radius 3 is 2.42 bits per heavy atom. The summed E-state index contributed by atoms with van der Waals surface area (Å²) in [6.45, 7) is 0. The molecule has 6 heteroatoms. The third-order valence-electron chi connectivity index (χ3n) is 5.14. The molecular formula is C25H17N3O3. The SMILES string of the molecule is O=C(O)/C(=C/c1ccc(-n2nc3ccc4ccccc4c3n2)cc1O)c1ccccc1. The van der Waals surface area contributed by atoms with Gasteiger partial charge >= 0.3 is 5.97 Å². The first-order valence-corrected chi connectivity index (χ1v) is 9.69. The molecule has 0 unspecified atom stereocenters. The van der Waals surface area contributed by atoms with E-state index in [0.29, 0.717) is 16.8 Å². The lowest BCUT2D eigenvalue weighted by molar-refractivity contribution is -0.130. The van der Waals surface area contributed by atoms with Crippen molar-refractivity contribution in [2.24, 2.45) is 0 Å². The minimum Gasteiger partial charge on any atom is -0.507 e. The Bertz CT molecular complexity index is 1470. The summed E-state index contributed by atoms with van der Waals surface area (Å²) < 4.78 is 0. The van der Waals surface area contributed by atoms with Crippen LogP contribution in [0.3, 0.4) is 0 Å². The van der Waals surface area contributed by atoms with E-state index < -0.39 is 5.97 Å². The Kier molecular flexibility index (Phi) is 4.45. The summed E-state index contributed by atoms with van der Waals surface area (Å²) in [5, 5.41) is 31.4. The maximum atomic E-state index is 11.7. The van der Waals surface area contributed by atoms with Gasteiger partial charge in [-0.1, -0.05) is 60.7 Å². The highest BCUT2D eigenvalue weighted by Gasteiger charge is 2.13. The van der Waals surface area contributed by atoms with E-state index in [1.165, 1.54) is 16.9 Å². The van der Waals surface area contributed by atoms with Crippen molar-refractivity contribution in [3.8, 4) is 11.4 Å². The first-order chi connectivity index (χ1) is 15.1. The molecule has 2 N–H and O–H groups in total. The smallest absolute Gasteiger partial charge is 0.336 e. The van der Waals surface area contributed by atoms with Gasteiger partial charge in [-0.25, -0.2) is 4.79 Å². The first kappa shape index (κ1) is 18.6. The summed E-state index contributed by atoms with van der Waals surface area (Å²) in [4.78, 5) is 13.2. The maximum absolute atomic E-state index is 11.7. The number of nitrogens with zero attached hydrogens (tertiary/aromatic N) is 3. The molecule has 0 aliphatic carbocycles. The number of benzene rings is 4. The number of aromatic nitrogens is 3. The third-order valence-corrected chi connectivity index (χ3v) is 5.14. The number of hydrogen-bond donors (Lipinski definition) is 2. The largest absolute Gasteiger partial charge is 0.507 e. The predicted molar refractivity (Wildman–Crippen MR) is 120 cm³/mol. The fourth-order valence-electron chi connectivity index (χ4n) is 3.58. The number of carbonyl (C=O) groups is 1. The van der Waals surface area contributed by atoms with E-state index in [9.17, 15) is 15.0 Å². The molecule has 0 aliphatic heterocycles. The van der Waals surface area contributed by atoms with E-state index in [0.717, 1.165) is 21.8 Å². The van der Waals surface area contributed by atoms with Crippen LogP contribution in [-0.4, -0.2) is 31.2 Å². The van der Waals surface area contributed by atoms with Crippen molar-refractivity contribution in [2.45, 2.75) is 0 Å². The van der Waals surface area contributed by atoms with Gasteiger partial charge < -0.3 is 10.2 Å². The quantitative estimate of drug-likeness (QED) is 0.327. The average molecular weight is 407 g/mol. The summed E-state index contributed by atoms with van der Waals surface area (Å²) in [7, 11) is 0. The molecule has 150 valence electrons. The standard InChI is InChI=1S/C25H17N3O3/c29-23-15-19(12-10-18(23)14-21(25(30)31)16-6-2-1-3-7-16)28-26-22-13-11-17-8-4-5-9-20(17)24(22)27-28/h1-15,29H,(H,30,31)/b21-14+. The molecule has 0 spiro atoms. The molecule has 0 radical (unpaired) electrons. The number of carboxylic acid groups (broad SMARTS) is 1. The van der Waals surface area contributed by atoms with E-state index >= 15 is 0 Å². The Balaban J connectivity index is 1.57. The van der Waals surface area contributed by atoms with Crippen LogP contribution in [0.15, 0.2) is 84.9 Å². The van der Waals surface area contributed by atoms with Crippen LogP contribution in [0.1, 0.15) is 11.1 Å². The van der Waals surface area contributed by atoms with Crippen molar-refractivity contribution in [1.29, 1.82) is 0 Å². The molecule has 1 heterocycles. The number of phenols is 1. The second kappa shape index (κ2) is 7.42. The predicted octanol–water partition coefficient (Wildman–Crippen LogP) is 4.90. The van der Waals surface area contributed by atoms with E-state index in [-0.39, 0.29) is 11.3 Å². The first-order valence-electron chi connectivity index (χ1n) is 9.69. The van der Waals surface area contributed by atoms with E-state index in [1.54, 1.807) is 36.4 Å². The summed E-state index contributed by atoms with van der Waals surface area (Å²) >= 11 is 0. The zero-order valence-corrected chi connectivity index (χ0v) is 16.3. The molecule has 0 amide bonds. The second-order valence-electron chi connectivity index (χ2n) is 7.12. The van der Waals surface area contributed by atoms with Crippen molar-refractivity contribution in [3.05, 3.63) is 96.1 Å². The number of hydrogen-bond acceptors (Lipinski definition) is 4. The highest BCUT2D eigenvalue weighted by Crippen LogP contribution is 2.28. The van der Waals surface area contributed by atoms with Crippen molar-refractivity contribution in [1.82, 2.24) is 15.0 Å². The Hall–Kier alpha value is -4.45. The van der Waals surface area contributed by atoms with Gasteiger partial charge in [0.15, 0.2) is 0 Å². The molecule has 0 saturated carbocycles. The van der Waals surface area contributed by atoms with Gasteiger partial charge in [0.2, 0.25) is 0 Å². The number of carboxylic acids is 1. The molecule has 6 nitrogen and oxygen atoms in total. The van der Waals surface area contributed by atoms with Crippen molar-refractivity contribution < 1.29 is 15.0 Å². The zero-order chi connectivity index (χ0) is 21.4. The number of phenolic OH excluding ortho intramolecular Hbond substituents is 1. The van der Waals surface area contributed by atoms with Crippen LogP contribution in [0.5, 0.6) is 5.75 Å². The second-order valence-corrected chi connectivity index (χ2v) is 7.12. The summed E-state index contributed by atoms with van der Waals surface area (Å²) in [6.07, 6.45) is 1.46. The van der Waals surface area contributed by atoms with Gasteiger partial charge in [0.1, 0.15) is 16.8 Å². The molecule has 4 aromatic carbocycles. The molecule has 0 aliphatic rings. The van der Waals surface area contributed by atoms with Gasteiger partial charge in [0, 0.05) is 17.0 Å². The molecule has 31 heavy (non-hydrogen) atoms. The average Bonchev–Trinajstić information content (AvgIpc) is 3.23. The monoisotopic (exact) mass is 407 g/mol. The molecular weight excluding hydrogens is 390 g/mol. The van der Waals surface area contributed by atoms with Crippen molar-refractivity contribution >= 4 is 39.4 Å². The lowest BCUT2D eigenvalue weighted by Gasteiger charge is -2.06. The maximum Gasteiger partial charge on any atom is 0.336 e. The minimum atomic E-state index is -1.07. The summed E-state index contributed by atoms with van der Waals surface area (Å²) in [5.41, 5.74) is 3.15. The molecule has 0 bridgehead atoms. The van der Waals surface area contributed by atoms with E-state index in [2.05, 4.69) is 10.2 Å². The Morgan fingerprint density at radius 1 is 0.871 bits per heavy atom. The van der Waals surface area contributed by atoms with Crippen molar-refractivity contribution in [3.63, 3.8) is 0 Å². The fourth-order valence-corrected chi connectivity index (χ4v) is 3.58. The molecule has 0 atom stereocenters. The lowest BCUT2D eigenvalue weighted by Crippen LogP contribution is -2.00. The number of aromatic hydroxyl groups is 1. The van der Waals surface area contributed by atoms with E-state index in [1.807, 2.05) is 42.5 Å². The zero-order valence-electron chi connectivity index (χ0n) is 16.3. The number of fused-ring (bicyclic) bond motifs is 3. The van der Waals surface area contributed by atoms with E-state index in [4.69, 9.17) is 0 Å². The third kappa shape index (κ3) is 3.40. The van der Waals surface area contributed by atoms with Crippen LogP contribution < -0.4 is 0 Å². The molecule has 5 rings (SSSR count). The van der Waals surface area contributed by atoms with Gasteiger partial charge in [-0.2, -0.15) is 4.80 Å². The summed E-state index contributed by atoms with van der Waals surface area (Å²) in [6, 6.07) is 25.6. The topological polar surface area (TPSA) is 88.2 Å². The Labute approximate surface area is 177 Å². The van der Waals surface area contributed by atoms with Gasteiger partial charge in [-0.15, -0.1) is 10.2 Å². The molecule has 0 saturated heterocycles. The van der Waals surface area contributed by atoms with Gasteiger partial charge in [-0.05, 0) is 35.2 Å². The normalized spacial score (nSPS) is 11.8. The highest BCUT2D eigenvalue weighted by molar-refractivity contribution is 6.20. The van der Waals surface area contributed by atoms with Gasteiger partial charge in [-0.3, -0.25) is 0 Å². The minimum absolute atomic E-state index is 0.0570. The van der Waals surface area contributed by atoms with Crippen LogP contribution in [0.2, 0.25) is 0 Å². The van der Waals surface area contributed by atoms with Crippen molar-refractivity contribution in [2.75, 3.05) is 0 Å².